The van der Waals surface area contributed by atoms with Crippen molar-refractivity contribution in [2.75, 3.05) is 13.1 Å². The number of aromatic carboxylic acids is 1. The first-order chi connectivity index (χ1) is 13.5. The highest BCUT2D eigenvalue weighted by Gasteiger charge is 2.45. The molecule has 1 N–H and O–H groups in total. The number of likely N-dealkylation sites (tertiary alicyclic amines) is 1. The van der Waals surface area contributed by atoms with Crippen molar-refractivity contribution >= 4 is 11.9 Å². The Morgan fingerprint density at radius 2 is 1.89 bits per heavy atom. The number of hydrogen-bond acceptors (Lipinski definition) is 3. The minimum absolute atomic E-state index is 0.149. The molecule has 0 atom stereocenters. The number of amides is 1. The molecule has 1 aromatic heterocycles. The molecule has 6 nitrogen and oxygen atoms in total. The second-order valence-electron chi connectivity index (χ2n) is 8.20. The fraction of sp³-hybridized carbons (Fsp3) is 0.500. The normalized spacial score (nSPS) is 19.7. The van der Waals surface area contributed by atoms with Gasteiger partial charge in [0.05, 0.1) is 23.2 Å². The predicted molar refractivity (Wildman–Crippen MR) is 105 cm³/mol. The van der Waals surface area contributed by atoms with E-state index in [0.717, 1.165) is 44.1 Å². The van der Waals surface area contributed by atoms with Gasteiger partial charge in [-0.2, -0.15) is 5.10 Å². The van der Waals surface area contributed by atoms with Gasteiger partial charge >= 0.3 is 5.97 Å². The van der Waals surface area contributed by atoms with Crippen molar-refractivity contribution in [2.24, 2.45) is 0 Å². The summed E-state index contributed by atoms with van der Waals surface area (Å²) >= 11 is 0. The zero-order valence-corrected chi connectivity index (χ0v) is 16.3. The fourth-order valence-electron chi connectivity index (χ4n) is 4.83. The lowest BCUT2D eigenvalue weighted by Gasteiger charge is -2.39. The SMILES string of the molecule is Cc1cccc(C2(C(=O)N3CCC(n4cc(C(=O)O)cn4)CC3)CCCC2)c1. The van der Waals surface area contributed by atoms with Crippen molar-refractivity contribution in [3.8, 4) is 0 Å². The Bertz CT molecular complexity index is 875. The topological polar surface area (TPSA) is 75.4 Å². The lowest BCUT2D eigenvalue weighted by Crippen LogP contribution is -2.48. The molecule has 28 heavy (non-hydrogen) atoms. The number of aryl methyl sites for hydroxylation is 1. The van der Waals surface area contributed by atoms with Crippen molar-refractivity contribution in [3.05, 3.63) is 53.3 Å². The average molecular weight is 381 g/mol. The number of piperidine rings is 1. The molecule has 0 radical (unpaired) electrons. The smallest absolute Gasteiger partial charge is 0.338 e. The van der Waals surface area contributed by atoms with Gasteiger partial charge in [0.1, 0.15) is 0 Å². The number of carboxylic acid groups (broad SMARTS) is 1. The zero-order valence-electron chi connectivity index (χ0n) is 16.3. The van der Waals surface area contributed by atoms with E-state index in [1.807, 2.05) is 4.90 Å². The number of benzene rings is 1. The Balaban J connectivity index is 1.48. The maximum atomic E-state index is 13.6. The van der Waals surface area contributed by atoms with Crippen LogP contribution in [0.3, 0.4) is 0 Å². The molecule has 1 aliphatic carbocycles. The molecule has 0 bridgehead atoms. The van der Waals surface area contributed by atoms with E-state index < -0.39 is 5.97 Å². The molecule has 2 fully saturated rings. The summed E-state index contributed by atoms with van der Waals surface area (Å²) < 4.78 is 1.75. The molecule has 0 unspecified atom stereocenters. The van der Waals surface area contributed by atoms with E-state index in [1.165, 1.54) is 11.8 Å². The van der Waals surface area contributed by atoms with Crippen LogP contribution in [-0.4, -0.2) is 44.8 Å². The monoisotopic (exact) mass is 381 g/mol. The zero-order chi connectivity index (χ0) is 19.7. The van der Waals surface area contributed by atoms with Gasteiger partial charge in [-0.25, -0.2) is 4.79 Å². The standard InChI is InChI=1S/C22H27N3O3/c1-16-5-4-6-18(13-16)22(9-2-3-10-22)21(28)24-11-7-19(8-12-24)25-15-17(14-23-25)20(26)27/h4-6,13-15,19H,2-3,7-12H2,1H3,(H,26,27). The fourth-order valence-corrected chi connectivity index (χ4v) is 4.83. The van der Waals surface area contributed by atoms with Gasteiger partial charge in [0.15, 0.2) is 0 Å². The number of carbonyl (C=O) groups excluding carboxylic acids is 1. The lowest BCUT2D eigenvalue weighted by atomic mass is 9.76. The Kier molecular flexibility index (Phi) is 4.96. The second-order valence-corrected chi connectivity index (χ2v) is 8.20. The summed E-state index contributed by atoms with van der Waals surface area (Å²) in [4.78, 5) is 26.7. The van der Waals surface area contributed by atoms with Crippen LogP contribution in [0.25, 0.3) is 0 Å². The van der Waals surface area contributed by atoms with Crippen LogP contribution in [-0.2, 0) is 10.2 Å². The molecule has 1 saturated heterocycles. The van der Waals surface area contributed by atoms with Crippen LogP contribution in [0.15, 0.2) is 36.7 Å². The van der Waals surface area contributed by atoms with E-state index in [1.54, 1.807) is 10.9 Å². The van der Waals surface area contributed by atoms with Crippen molar-refractivity contribution < 1.29 is 14.7 Å². The number of carboxylic acids is 1. The van der Waals surface area contributed by atoms with Gasteiger partial charge in [-0.1, -0.05) is 42.7 Å². The highest BCUT2D eigenvalue weighted by atomic mass is 16.4. The molecule has 2 aliphatic rings. The van der Waals surface area contributed by atoms with Crippen LogP contribution in [0, 0.1) is 6.92 Å². The van der Waals surface area contributed by atoms with E-state index in [9.17, 15) is 9.59 Å². The predicted octanol–water partition coefficient (Wildman–Crippen LogP) is 3.57. The van der Waals surface area contributed by atoms with Crippen LogP contribution in [0.2, 0.25) is 0 Å². The maximum Gasteiger partial charge on any atom is 0.338 e. The van der Waals surface area contributed by atoms with Crippen LogP contribution in [0.4, 0.5) is 0 Å². The summed E-state index contributed by atoms with van der Waals surface area (Å²) in [5.41, 5.74) is 2.20. The van der Waals surface area contributed by atoms with Gasteiger partial charge in [-0.3, -0.25) is 9.48 Å². The van der Waals surface area contributed by atoms with Crippen LogP contribution >= 0.6 is 0 Å². The lowest BCUT2D eigenvalue weighted by molar-refractivity contribution is -0.138. The summed E-state index contributed by atoms with van der Waals surface area (Å²) in [6.07, 6.45) is 8.64. The van der Waals surface area contributed by atoms with Gasteiger partial charge in [-0.15, -0.1) is 0 Å². The third-order valence-electron chi connectivity index (χ3n) is 6.41. The number of rotatable bonds is 4. The highest BCUT2D eigenvalue weighted by molar-refractivity contribution is 5.89. The molecule has 2 heterocycles. The summed E-state index contributed by atoms with van der Waals surface area (Å²) in [6.45, 7) is 3.47. The molecule has 1 saturated carbocycles. The van der Waals surface area contributed by atoms with E-state index in [2.05, 4.69) is 36.3 Å². The molecular weight excluding hydrogens is 354 g/mol. The Hall–Kier alpha value is -2.63. The highest BCUT2D eigenvalue weighted by Crippen LogP contribution is 2.43. The van der Waals surface area contributed by atoms with E-state index in [-0.39, 0.29) is 22.9 Å². The van der Waals surface area contributed by atoms with Crippen LogP contribution < -0.4 is 0 Å². The first-order valence-electron chi connectivity index (χ1n) is 10.1. The molecule has 2 aromatic rings. The Morgan fingerprint density at radius 3 is 2.50 bits per heavy atom. The first-order valence-corrected chi connectivity index (χ1v) is 10.1. The Morgan fingerprint density at radius 1 is 1.18 bits per heavy atom. The Labute approximate surface area is 165 Å². The summed E-state index contributed by atoms with van der Waals surface area (Å²) in [5, 5.41) is 13.3. The molecule has 1 aliphatic heterocycles. The van der Waals surface area contributed by atoms with Crippen molar-refractivity contribution in [1.29, 1.82) is 0 Å². The van der Waals surface area contributed by atoms with Crippen LogP contribution in [0.5, 0.6) is 0 Å². The largest absolute Gasteiger partial charge is 0.478 e. The minimum Gasteiger partial charge on any atom is -0.478 e. The molecular formula is C22H27N3O3. The second kappa shape index (κ2) is 7.41. The quantitative estimate of drug-likeness (QED) is 0.879. The molecule has 6 heteroatoms. The third-order valence-corrected chi connectivity index (χ3v) is 6.41. The van der Waals surface area contributed by atoms with Gasteiger partial charge in [0.25, 0.3) is 0 Å². The van der Waals surface area contributed by atoms with Gasteiger partial charge in [0.2, 0.25) is 5.91 Å². The summed E-state index contributed by atoms with van der Waals surface area (Å²) in [7, 11) is 0. The van der Waals surface area contributed by atoms with Gasteiger partial charge < -0.3 is 10.0 Å². The number of nitrogens with zero attached hydrogens (tertiary/aromatic N) is 3. The molecule has 0 spiro atoms. The minimum atomic E-state index is -0.958. The molecule has 1 aromatic carbocycles. The maximum absolute atomic E-state index is 13.6. The van der Waals surface area contributed by atoms with Crippen molar-refractivity contribution in [1.82, 2.24) is 14.7 Å². The number of carbonyl (C=O) groups is 2. The molecule has 4 rings (SSSR count). The van der Waals surface area contributed by atoms with E-state index in [0.29, 0.717) is 13.1 Å². The molecule has 1 amide bonds. The molecule has 148 valence electrons. The number of hydrogen-bond donors (Lipinski definition) is 1. The third kappa shape index (κ3) is 3.32. The first kappa shape index (κ1) is 18.7. The van der Waals surface area contributed by atoms with Gasteiger partial charge in [-0.05, 0) is 38.2 Å². The van der Waals surface area contributed by atoms with Crippen LogP contribution in [0.1, 0.15) is 66.1 Å². The van der Waals surface area contributed by atoms with Gasteiger partial charge in [0, 0.05) is 19.3 Å². The summed E-state index contributed by atoms with van der Waals surface area (Å²) in [5.74, 6) is -0.694. The van der Waals surface area contributed by atoms with Crippen molar-refractivity contribution in [2.45, 2.75) is 56.9 Å². The number of aromatic nitrogens is 2. The average Bonchev–Trinajstić information content (AvgIpc) is 3.38. The van der Waals surface area contributed by atoms with E-state index in [4.69, 9.17) is 5.11 Å². The van der Waals surface area contributed by atoms with Crippen molar-refractivity contribution in [3.63, 3.8) is 0 Å². The van der Waals surface area contributed by atoms with E-state index >= 15 is 0 Å². The summed E-state index contributed by atoms with van der Waals surface area (Å²) in [6, 6.07) is 8.57.